The fourth-order valence-corrected chi connectivity index (χ4v) is 1.64. The number of likely N-dealkylation sites (N-methyl/N-ethyl adjacent to an activating group) is 1. The van der Waals surface area contributed by atoms with Crippen LogP contribution in [0.5, 0.6) is 0 Å². The van der Waals surface area contributed by atoms with Gasteiger partial charge < -0.3 is 20.6 Å². The lowest BCUT2D eigenvalue weighted by atomic mass is 10.1. The van der Waals surface area contributed by atoms with Gasteiger partial charge in [0.2, 0.25) is 5.91 Å². The maximum Gasteiger partial charge on any atom is 0.224 e. The second-order valence-electron chi connectivity index (χ2n) is 5.16. The molecule has 1 amide bonds. The molecule has 0 aliphatic rings. The molecule has 0 radical (unpaired) electrons. The van der Waals surface area contributed by atoms with E-state index in [0.717, 1.165) is 6.54 Å². The van der Waals surface area contributed by atoms with Crippen LogP contribution in [0.15, 0.2) is 0 Å². The molecule has 102 valence electrons. The molecule has 5 heteroatoms. The van der Waals surface area contributed by atoms with Gasteiger partial charge in [0.15, 0.2) is 0 Å². The van der Waals surface area contributed by atoms with Crippen LogP contribution in [0.1, 0.15) is 20.8 Å². The minimum absolute atomic E-state index is 0.0232. The summed E-state index contributed by atoms with van der Waals surface area (Å²) in [6, 6.07) is 0. The molecule has 17 heavy (non-hydrogen) atoms. The van der Waals surface area contributed by atoms with E-state index in [0.29, 0.717) is 13.1 Å². The number of nitrogens with one attached hydrogen (secondary N) is 2. The maximum atomic E-state index is 11.7. The van der Waals surface area contributed by atoms with Gasteiger partial charge in [0.25, 0.3) is 0 Å². The SMILES string of the molecule is CCNCC(C)C(=O)NCC(C)(O)CN(C)C. The van der Waals surface area contributed by atoms with Gasteiger partial charge in [0.1, 0.15) is 0 Å². The summed E-state index contributed by atoms with van der Waals surface area (Å²) in [5.74, 6) is -0.102. The van der Waals surface area contributed by atoms with E-state index < -0.39 is 5.60 Å². The average Bonchev–Trinajstić information content (AvgIpc) is 2.20. The van der Waals surface area contributed by atoms with E-state index in [2.05, 4.69) is 10.6 Å². The molecule has 0 saturated heterocycles. The molecule has 2 unspecified atom stereocenters. The molecule has 0 aliphatic carbocycles. The van der Waals surface area contributed by atoms with Gasteiger partial charge in [-0.3, -0.25) is 4.79 Å². The van der Waals surface area contributed by atoms with E-state index in [1.165, 1.54) is 0 Å². The maximum absolute atomic E-state index is 11.7. The zero-order valence-corrected chi connectivity index (χ0v) is 11.7. The number of aliphatic hydroxyl groups is 1. The Kier molecular flexibility index (Phi) is 7.34. The molecule has 0 rings (SSSR count). The molecule has 0 aromatic rings. The normalized spacial score (nSPS) is 16.6. The van der Waals surface area contributed by atoms with Crippen molar-refractivity contribution in [2.45, 2.75) is 26.4 Å². The van der Waals surface area contributed by atoms with Crippen LogP contribution in [-0.2, 0) is 4.79 Å². The quantitative estimate of drug-likeness (QED) is 0.547. The van der Waals surface area contributed by atoms with Crippen molar-refractivity contribution in [3.05, 3.63) is 0 Å². The summed E-state index contributed by atoms with van der Waals surface area (Å²) >= 11 is 0. The minimum atomic E-state index is -0.892. The molecule has 0 aromatic heterocycles. The van der Waals surface area contributed by atoms with E-state index in [-0.39, 0.29) is 18.4 Å². The van der Waals surface area contributed by atoms with Crippen LogP contribution < -0.4 is 10.6 Å². The number of nitrogens with zero attached hydrogens (tertiary/aromatic N) is 1. The van der Waals surface area contributed by atoms with Crippen molar-refractivity contribution in [2.75, 3.05) is 40.3 Å². The Morgan fingerprint density at radius 2 is 2.06 bits per heavy atom. The van der Waals surface area contributed by atoms with Crippen molar-refractivity contribution < 1.29 is 9.90 Å². The molecule has 0 bridgehead atoms. The van der Waals surface area contributed by atoms with E-state index in [9.17, 15) is 9.90 Å². The van der Waals surface area contributed by atoms with E-state index >= 15 is 0 Å². The molecule has 2 atom stereocenters. The lowest BCUT2D eigenvalue weighted by Gasteiger charge is -2.27. The number of rotatable bonds is 8. The van der Waals surface area contributed by atoms with Gasteiger partial charge in [0.05, 0.1) is 5.60 Å². The molecule has 0 saturated carbocycles. The zero-order valence-electron chi connectivity index (χ0n) is 11.7. The van der Waals surface area contributed by atoms with Crippen molar-refractivity contribution in [1.82, 2.24) is 15.5 Å². The van der Waals surface area contributed by atoms with Crippen LogP contribution in [0.25, 0.3) is 0 Å². The van der Waals surface area contributed by atoms with Crippen molar-refractivity contribution >= 4 is 5.91 Å². The first-order chi connectivity index (χ1) is 7.78. The summed E-state index contributed by atoms with van der Waals surface area (Å²) in [5.41, 5.74) is -0.892. The summed E-state index contributed by atoms with van der Waals surface area (Å²) in [7, 11) is 3.79. The molecular weight excluding hydrogens is 218 g/mol. The van der Waals surface area contributed by atoms with Crippen molar-refractivity contribution in [1.29, 1.82) is 0 Å². The third-order valence-electron chi connectivity index (χ3n) is 2.45. The molecule has 0 aromatic carbocycles. The van der Waals surface area contributed by atoms with Crippen molar-refractivity contribution in [3.63, 3.8) is 0 Å². The highest BCUT2D eigenvalue weighted by molar-refractivity contribution is 5.78. The molecule has 0 heterocycles. The second-order valence-corrected chi connectivity index (χ2v) is 5.16. The van der Waals surface area contributed by atoms with Crippen LogP contribution in [0.3, 0.4) is 0 Å². The van der Waals surface area contributed by atoms with E-state index in [4.69, 9.17) is 0 Å². The number of carbonyl (C=O) groups excluding carboxylic acids is 1. The first-order valence-corrected chi connectivity index (χ1v) is 6.14. The summed E-state index contributed by atoms with van der Waals surface area (Å²) in [5, 5.41) is 15.9. The highest BCUT2D eigenvalue weighted by atomic mass is 16.3. The fourth-order valence-electron chi connectivity index (χ4n) is 1.64. The third kappa shape index (κ3) is 8.12. The lowest BCUT2D eigenvalue weighted by Crippen LogP contribution is -2.48. The molecule has 0 spiro atoms. The first-order valence-electron chi connectivity index (χ1n) is 6.14. The van der Waals surface area contributed by atoms with Crippen LogP contribution >= 0.6 is 0 Å². The molecule has 3 N–H and O–H groups in total. The van der Waals surface area contributed by atoms with Crippen LogP contribution in [-0.4, -0.2) is 61.8 Å². The van der Waals surface area contributed by atoms with Crippen molar-refractivity contribution in [2.24, 2.45) is 5.92 Å². The van der Waals surface area contributed by atoms with Gasteiger partial charge in [-0.25, -0.2) is 0 Å². The Labute approximate surface area is 105 Å². The molecule has 0 aliphatic heterocycles. The lowest BCUT2D eigenvalue weighted by molar-refractivity contribution is -0.125. The topological polar surface area (TPSA) is 64.6 Å². The highest BCUT2D eigenvalue weighted by Crippen LogP contribution is 2.03. The van der Waals surface area contributed by atoms with Gasteiger partial charge in [-0.1, -0.05) is 13.8 Å². The van der Waals surface area contributed by atoms with Gasteiger partial charge in [-0.05, 0) is 27.6 Å². The molecule has 5 nitrogen and oxygen atoms in total. The summed E-state index contributed by atoms with van der Waals surface area (Å²) in [6.07, 6.45) is 0. The standard InChI is InChI=1S/C12H27N3O2/c1-6-13-7-10(2)11(16)14-8-12(3,17)9-15(4)5/h10,13,17H,6-9H2,1-5H3,(H,14,16). The monoisotopic (exact) mass is 245 g/mol. The first kappa shape index (κ1) is 16.4. The van der Waals surface area contributed by atoms with Gasteiger partial charge in [-0.2, -0.15) is 0 Å². The predicted molar refractivity (Wildman–Crippen MR) is 69.9 cm³/mol. The van der Waals surface area contributed by atoms with Gasteiger partial charge in [-0.15, -0.1) is 0 Å². The molecular formula is C12H27N3O2. The Hall–Kier alpha value is -0.650. The van der Waals surface area contributed by atoms with E-state index in [1.54, 1.807) is 6.92 Å². The number of hydrogen-bond acceptors (Lipinski definition) is 4. The van der Waals surface area contributed by atoms with Gasteiger partial charge >= 0.3 is 0 Å². The predicted octanol–water partition coefficient (Wildman–Crippen LogP) is -0.339. The summed E-state index contributed by atoms with van der Waals surface area (Å²) in [4.78, 5) is 13.6. The van der Waals surface area contributed by atoms with Crippen LogP contribution in [0.4, 0.5) is 0 Å². The smallest absolute Gasteiger partial charge is 0.224 e. The Morgan fingerprint density at radius 1 is 1.47 bits per heavy atom. The van der Waals surface area contributed by atoms with Crippen LogP contribution in [0.2, 0.25) is 0 Å². The highest BCUT2D eigenvalue weighted by Gasteiger charge is 2.23. The number of carbonyl (C=O) groups is 1. The van der Waals surface area contributed by atoms with E-state index in [1.807, 2.05) is 32.8 Å². The number of amides is 1. The molecule has 0 fully saturated rings. The Balaban J connectivity index is 3.97. The van der Waals surface area contributed by atoms with Crippen molar-refractivity contribution in [3.8, 4) is 0 Å². The van der Waals surface area contributed by atoms with Crippen LogP contribution in [0, 0.1) is 5.92 Å². The van der Waals surface area contributed by atoms with Gasteiger partial charge in [0, 0.05) is 25.6 Å². The third-order valence-corrected chi connectivity index (χ3v) is 2.45. The second kappa shape index (κ2) is 7.63. The number of hydrogen-bond donors (Lipinski definition) is 3. The summed E-state index contributed by atoms with van der Waals surface area (Å²) < 4.78 is 0. The zero-order chi connectivity index (χ0) is 13.5. The summed E-state index contributed by atoms with van der Waals surface area (Å²) in [6.45, 7) is 7.93. The minimum Gasteiger partial charge on any atom is -0.387 e. The largest absolute Gasteiger partial charge is 0.387 e. The Morgan fingerprint density at radius 3 is 2.53 bits per heavy atom. The Bertz CT molecular complexity index is 230. The average molecular weight is 245 g/mol. The fraction of sp³-hybridized carbons (Fsp3) is 0.917.